The first-order valence-corrected chi connectivity index (χ1v) is 7.10. The van der Waals surface area contributed by atoms with Gasteiger partial charge in [0.2, 0.25) is 0 Å². The molecule has 2 unspecified atom stereocenters. The Kier molecular flexibility index (Phi) is 3.51. The summed E-state index contributed by atoms with van der Waals surface area (Å²) in [5, 5.41) is 0. The van der Waals surface area contributed by atoms with Crippen LogP contribution < -0.4 is 0 Å². The minimum atomic E-state index is 0.0601. The minimum absolute atomic E-state index is 0.0601. The van der Waals surface area contributed by atoms with Gasteiger partial charge in [0.15, 0.2) is 5.78 Å². The van der Waals surface area contributed by atoms with E-state index >= 15 is 0 Å². The molecule has 0 saturated carbocycles. The van der Waals surface area contributed by atoms with E-state index in [2.05, 4.69) is 24.3 Å². The van der Waals surface area contributed by atoms with Gasteiger partial charge >= 0.3 is 0 Å². The third-order valence-corrected chi connectivity index (χ3v) is 4.18. The molecule has 2 aromatic carbocycles. The lowest BCUT2D eigenvalue weighted by Crippen LogP contribution is -2.23. The fourth-order valence-corrected chi connectivity index (χ4v) is 2.93. The van der Waals surface area contributed by atoms with Crippen molar-refractivity contribution in [2.75, 3.05) is 0 Å². The highest BCUT2D eigenvalue weighted by molar-refractivity contribution is 6.00. The van der Waals surface area contributed by atoms with Gasteiger partial charge in [0, 0.05) is 5.92 Å². The van der Waals surface area contributed by atoms with Crippen molar-refractivity contribution in [1.82, 2.24) is 0 Å². The van der Waals surface area contributed by atoms with Crippen LogP contribution in [-0.4, -0.2) is 5.78 Å². The molecule has 0 N–H and O–H groups in total. The fraction of sp³-hybridized carbons (Fsp3) is 0.211. The summed E-state index contributed by atoms with van der Waals surface area (Å²) in [7, 11) is 0. The number of carbonyl (C=O) groups is 1. The summed E-state index contributed by atoms with van der Waals surface area (Å²) >= 11 is 0. The van der Waals surface area contributed by atoms with E-state index in [0.29, 0.717) is 0 Å². The van der Waals surface area contributed by atoms with Crippen LogP contribution in [0.3, 0.4) is 0 Å². The zero-order valence-corrected chi connectivity index (χ0v) is 11.6. The Balaban J connectivity index is 1.96. The van der Waals surface area contributed by atoms with E-state index in [-0.39, 0.29) is 17.6 Å². The van der Waals surface area contributed by atoms with Crippen molar-refractivity contribution in [2.24, 2.45) is 5.92 Å². The quantitative estimate of drug-likeness (QED) is 0.780. The van der Waals surface area contributed by atoms with Crippen molar-refractivity contribution in [3.05, 3.63) is 77.9 Å². The summed E-state index contributed by atoms with van der Waals surface area (Å²) in [6, 6.07) is 20.6. The molecule has 0 heterocycles. The molecule has 1 nitrogen and oxygen atoms in total. The van der Waals surface area contributed by atoms with Gasteiger partial charge in [0.25, 0.3) is 0 Å². The molecule has 0 fully saturated rings. The van der Waals surface area contributed by atoms with Crippen LogP contribution in [0, 0.1) is 5.92 Å². The molecule has 0 saturated heterocycles. The van der Waals surface area contributed by atoms with Crippen molar-refractivity contribution in [1.29, 1.82) is 0 Å². The standard InChI is InChI=1S/C19H18O/c1-14-18(16-10-6-3-7-11-16)12-17(13-19(14)20)15-8-4-2-5-9-15/h2-11,13-14,18H,12H2,1H3. The highest BCUT2D eigenvalue weighted by atomic mass is 16.1. The monoisotopic (exact) mass is 262 g/mol. The molecule has 100 valence electrons. The van der Waals surface area contributed by atoms with Gasteiger partial charge in [-0.1, -0.05) is 67.6 Å². The zero-order valence-electron chi connectivity index (χ0n) is 11.6. The second kappa shape index (κ2) is 5.46. The third-order valence-electron chi connectivity index (χ3n) is 4.18. The Hall–Kier alpha value is -2.15. The Morgan fingerprint density at radius 3 is 2.15 bits per heavy atom. The summed E-state index contributed by atoms with van der Waals surface area (Å²) in [5.74, 6) is 0.581. The number of benzene rings is 2. The number of rotatable bonds is 2. The van der Waals surface area contributed by atoms with E-state index in [1.807, 2.05) is 49.4 Å². The zero-order chi connectivity index (χ0) is 13.9. The SMILES string of the molecule is CC1C(=O)C=C(c2ccccc2)CC1c1ccccc1. The second-order valence-corrected chi connectivity index (χ2v) is 5.45. The fourth-order valence-electron chi connectivity index (χ4n) is 2.93. The van der Waals surface area contributed by atoms with Crippen molar-refractivity contribution >= 4 is 11.4 Å². The van der Waals surface area contributed by atoms with Crippen molar-refractivity contribution in [3.8, 4) is 0 Å². The summed E-state index contributed by atoms with van der Waals surface area (Å²) in [4.78, 5) is 12.3. The van der Waals surface area contributed by atoms with E-state index in [0.717, 1.165) is 17.6 Å². The molecular formula is C19H18O. The summed E-state index contributed by atoms with van der Waals surface area (Å²) < 4.78 is 0. The van der Waals surface area contributed by atoms with Crippen molar-refractivity contribution in [2.45, 2.75) is 19.3 Å². The van der Waals surface area contributed by atoms with Gasteiger partial charge < -0.3 is 0 Å². The van der Waals surface area contributed by atoms with Crippen LogP contribution >= 0.6 is 0 Å². The molecule has 0 radical (unpaired) electrons. The molecule has 2 atom stereocenters. The Morgan fingerprint density at radius 2 is 1.50 bits per heavy atom. The average Bonchev–Trinajstić information content (AvgIpc) is 2.51. The van der Waals surface area contributed by atoms with Gasteiger partial charge in [-0.15, -0.1) is 0 Å². The lowest BCUT2D eigenvalue weighted by atomic mass is 9.74. The lowest BCUT2D eigenvalue weighted by molar-refractivity contribution is -0.118. The lowest BCUT2D eigenvalue weighted by Gasteiger charge is -2.28. The summed E-state index contributed by atoms with van der Waals surface area (Å²) in [5.41, 5.74) is 3.58. The third kappa shape index (κ3) is 2.44. The Labute approximate surface area is 120 Å². The van der Waals surface area contributed by atoms with Gasteiger partial charge in [-0.25, -0.2) is 0 Å². The summed E-state index contributed by atoms with van der Waals surface area (Å²) in [6.07, 6.45) is 2.76. The van der Waals surface area contributed by atoms with E-state index < -0.39 is 0 Å². The maximum absolute atomic E-state index is 12.3. The molecule has 0 aromatic heterocycles. The number of hydrogen-bond donors (Lipinski definition) is 0. The number of ketones is 1. The average molecular weight is 262 g/mol. The first-order valence-electron chi connectivity index (χ1n) is 7.10. The van der Waals surface area contributed by atoms with Gasteiger partial charge in [-0.3, -0.25) is 4.79 Å². The van der Waals surface area contributed by atoms with E-state index in [1.54, 1.807) is 0 Å². The first-order chi connectivity index (χ1) is 9.75. The molecule has 0 bridgehead atoms. The van der Waals surface area contributed by atoms with Gasteiger partial charge in [0.1, 0.15) is 0 Å². The minimum Gasteiger partial charge on any atom is -0.295 e. The molecule has 3 rings (SSSR count). The van der Waals surface area contributed by atoms with E-state index in [9.17, 15) is 4.79 Å². The van der Waals surface area contributed by atoms with Crippen LogP contribution in [0.1, 0.15) is 30.4 Å². The number of carbonyl (C=O) groups excluding carboxylic acids is 1. The maximum Gasteiger partial charge on any atom is 0.159 e. The smallest absolute Gasteiger partial charge is 0.159 e. The van der Waals surface area contributed by atoms with Gasteiger partial charge in [-0.2, -0.15) is 0 Å². The van der Waals surface area contributed by atoms with Crippen LogP contribution in [0.4, 0.5) is 0 Å². The van der Waals surface area contributed by atoms with Crippen LogP contribution in [0.5, 0.6) is 0 Å². The molecule has 1 aliphatic carbocycles. The molecule has 1 aliphatic rings. The van der Waals surface area contributed by atoms with Crippen LogP contribution in [0.2, 0.25) is 0 Å². The largest absolute Gasteiger partial charge is 0.295 e. The predicted octanol–water partition coefficient (Wildman–Crippen LogP) is 4.46. The van der Waals surface area contributed by atoms with Gasteiger partial charge in [0.05, 0.1) is 0 Å². The van der Waals surface area contributed by atoms with E-state index in [1.165, 1.54) is 5.56 Å². The Bertz CT molecular complexity index is 625. The van der Waals surface area contributed by atoms with Crippen LogP contribution in [0.15, 0.2) is 66.7 Å². The van der Waals surface area contributed by atoms with Gasteiger partial charge in [-0.05, 0) is 35.1 Å². The molecule has 2 aromatic rings. The topological polar surface area (TPSA) is 17.1 Å². The van der Waals surface area contributed by atoms with Crippen LogP contribution in [0.25, 0.3) is 5.57 Å². The highest BCUT2D eigenvalue weighted by Gasteiger charge is 2.29. The number of hydrogen-bond acceptors (Lipinski definition) is 1. The molecule has 0 spiro atoms. The molecule has 20 heavy (non-hydrogen) atoms. The first kappa shape index (κ1) is 12.9. The second-order valence-electron chi connectivity index (χ2n) is 5.45. The van der Waals surface area contributed by atoms with Crippen molar-refractivity contribution in [3.63, 3.8) is 0 Å². The van der Waals surface area contributed by atoms with Crippen LogP contribution in [-0.2, 0) is 4.79 Å². The predicted molar refractivity (Wildman–Crippen MR) is 82.4 cm³/mol. The normalized spacial score (nSPS) is 22.4. The van der Waals surface area contributed by atoms with Crippen molar-refractivity contribution < 1.29 is 4.79 Å². The summed E-state index contributed by atoms with van der Waals surface area (Å²) in [6.45, 7) is 2.04. The van der Waals surface area contributed by atoms with E-state index in [4.69, 9.17) is 0 Å². The maximum atomic E-state index is 12.3. The number of allylic oxidation sites excluding steroid dienone is 2. The molecule has 0 amide bonds. The Morgan fingerprint density at radius 1 is 0.900 bits per heavy atom. The highest BCUT2D eigenvalue weighted by Crippen LogP contribution is 2.39. The molecular weight excluding hydrogens is 244 g/mol. The molecule has 1 heteroatoms. The molecule has 0 aliphatic heterocycles.